The standard InChI is InChI=1S/C19H18O/c1-14(15-9-11-19(20-2)12-10-15)17-8-7-16-5-3-4-6-18(16)13-17/h3-14H,1-2H3/t14-/m0/s1. The van der Waals surface area contributed by atoms with Gasteiger partial charge in [-0.2, -0.15) is 0 Å². The highest BCUT2D eigenvalue weighted by molar-refractivity contribution is 5.83. The SMILES string of the molecule is COc1ccc([C@H](C)c2ccc3ccccc3c2)cc1. The minimum atomic E-state index is 0.380. The molecule has 1 atom stereocenters. The van der Waals surface area contributed by atoms with Gasteiger partial charge in [-0.15, -0.1) is 0 Å². The van der Waals surface area contributed by atoms with Crippen molar-refractivity contribution >= 4 is 10.8 Å². The molecule has 0 radical (unpaired) electrons. The van der Waals surface area contributed by atoms with E-state index in [2.05, 4.69) is 61.5 Å². The number of ether oxygens (including phenoxy) is 1. The first kappa shape index (κ1) is 12.7. The van der Waals surface area contributed by atoms with Crippen molar-refractivity contribution in [3.63, 3.8) is 0 Å². The Morgan fingerprint density at radius 3 is 2.10 bits per heavy atom. The summed E-state index contributed by atoms with van der Waals surface area (Å²) in [6, 6.07) is 23.5. The Balaban J connectivity index is 1.96. The van der Waals surface area contributed by atoms with Crippen LogP contribution in [0.2, 0.25) is 0 Å². The van der Waals surface area contributed by atoms with Crippen LogP contribution in [0.1, 0.15) is 24.0 Å². The van der Waals surface area contributed by atoms with Crippen molar-refractivity contribution in [2.45, 2.75) is 12.8 Å². The van der Waals surface area contributed by atoms with Crippen molar-refractivity contribution in [1.82, 2.24) is 0 Å². The summed E-state index contributed by atoms with van der Waals surface area (Å²) in [6.07, 6.45) is 0. The molecule has 0 aliphatic rings. The largest absolute Gasteiger partial charge is 0.497 e. The van der Waals surface area contributed by atoms with Crippen LogP contribution in [0.4, 0.5) is 0 Å². The summed E-state index contributed by atoms with van der Waals surface area (Å²) in [5, 5.41) is 2.59. The Morgan fingerprint density at radius 2 is 1.40 bits per heavy atom. The zero-order valence-corrected chi connectivity index (χ0v) is 11.8. The molecule has 0 heterocycles. The van der Waals surface area contributed by atoms with Gasteiger partial charge in [0.1, 0.15) is 5.75 Å². The number of hydrogen-bond donors (Lipinski definition) is 0. The van der Waals surface area contributed by atoms with Gasteiger partial charge in [-0.1, -0.05) is 61.5 Å². The Labute approximate surface area is 119 Å². The fourth-order valence-corrected chi connectivity index (χ4v) is 2.56. The molecule has 0 saturated heterocycles. The van der Waals surface area contributed by atoms with Crippen LogP contribution in [0.3, 0.4) is 0 Å². The summed E-state index contributed by atoms with van der Waals surface area (Å²) in [5.74, 6) is 1.28. The predicted molar refractivity (Wildman–Crippen MR) is 84.5 cm³/mol. The van der Waals surface area contributed by atoms with Gasteiger partial charge in [-0.3, -0.25) is 0 Å². The lowest BCUT2D eigenvalue weighted by atomic mass is 9.91. The fraction of sp³-hybridized carbons (Fsp3) is 0.158. The number of methoxy groups -OCH3 is 1. The van der Waals surface area contributed by atoms with E-state index in [1.807, 2.05) is 12.1 Å². The maximum Gasteiger partial charge on any atom is 0.118 e. The van der Waals surface area contributed by atoms with Crippen LogP contribution >= 0.6 is 0 Å². The predicted octanol–water partition coefficient (Wildman–Crippen LogP) is 5.00. The van der Waals surface area contributed by atoms with E-state index in [1.54, 1.807) is 7.11 Å². The molecule has 3 aromatic carbocycles. The van der Waals surface area contributed by atoms with Crippen molar-refractivity contribution in [1.29, 1.82) is 0 Å². The summed E-state index contributed by atoms with van der Waals surface area (Å²) < 4.78 is 5.21. The van der Waals surface area contributed by atoms with Crippen LogP contribution in [-0.4, -0.2) is 7.11 Å². The molecular formula is C19H18O. The van der Waals surface area contributed by atoms with E-state index in [4.69, 9.17) is 4.74 Å². The summed E-state index contributed by atoms with van der Waals surface area (Å²) in [5.41, 5.74) is 2.65. The average Bonchev–Trinajstić information content (AvgIpc) is 2.54. The van der Waals surface area contributed by atoms with Gasteiger partial charge in [-0.05, 0) is 34.0 Å². The van der Waals surface area contributed by atoms with Crippen molar-refractivity contribution in [3.05, 3.63) is 77.9 Å². The lowest BCUT2D eigenvalue weighted by Crippen LogP contribution is -1.96. The van der Waals surface area contributed by atoms with Gasteiger partial charge in [0.05, 0.1) is 7.11 Å². The molecule has 0 aliphatic carbocycles. The normalized spacial score (nSPS) is 12.3. The Hall–Kier alpha value is -2.28. The molecule has 0 saturated carbocycles. The minimum absolute atomic E-state index is 0.380. The van der Waals surface area contributed by atoms with Crippen LogP contribution < -0.4 is 4.74 Å². The molecule has 1 heteroatoms. The molecule has 3 aromatic rings. The van der Waals surface area contributed by atoms with E-state index in [0.29, 0.717) is 5.92 Å². The van der Waals surface area contributed by atoms with Crippen molar-refractivity contribution in [2.75, 3.05) is 7.11 Å². The third-order valence-electron chi connectivity index (χ3n) is 3.89. The quantitative estimate of drug-likeness (QED) is 0.645. The fourth-order valence-electron chi connectivity index (χ4n) is 2.56. The lowest BCUT2D eigenvalue weighted by Gasteiger charge is -2.14. The first-order valence-electron chi connectivity index (χ1n) is 6.90. The van der Waals surface area contributed by atoms with Crippen LogP contribution in [-0.2, 0) is 0 Å². The summed E-state index contributed by atoms with van der Waals surface area (Å²) in [6.45, 7) is 2.24. The Morgan fingerprint density at radius 1 is 0.750 bits per heavy atom. The molecule has 20 heavy (non-hydrogen) atoms. The molecule has 0 fully saturated rings. The van der Waals surface area contributed by atoms with Crippen LogP contribution in [0.15, 0.2) is 66.7 Å². The number of benzene rings is 3. The van der Waals surface area contributed by atoms with Gasteiger partial charge in [0, 0.05) is 5.92 Å². The Kier molecular flexibility index (Phi) is 3.42. The summed E-state index contributed by atoms with van der Waals surface area (Å²) >= 11 is 0. The number of fused-ring (bicyclic) bond motifs is 1. The zero-order chi connectivity index (χ0) is 13.9. The van der Waals surface area contributed by atoms with Gasteiger partial charge in [0.25, 0.3) is 0 Å². The van der Waals surface area contributed by atoms with Gasteiger partial charge in [0.2, 0.25) is 0 Å². The maximum atomic E-state index is 5.21. The van der Waals surface area contributed by atoms with Crippen molar-refractivity contribution in [3.8, 4) is 5.75 Å². The van der Waals surface area contributed by atoms with Crippen molar-refractivity contribution < 1.29 is 4.74 Å². The van der Waals surface area contributed by atoms with Crippen LogP contribution in [0, 0.1) is 0 Å². The monoisotopic (exact) mass is 262 g/mol. The van der Waals surface area contributed by atoms with E-state index in [-0.39, 0.29) is 0 Å². The highest BCUT2D eigenvalue weighted by Crippen LogP contribution is 2.28. The number of rotatable bonds is 3. The smallest absolute Gasteiger partial charge is 0.118 e. The van der Waals surface area contributed by atoms with Crippen LogP contribution in [0.5, 0.6) is 5.75 Å². The number of hydrogen-bond acceptors (Lipinski definition) is 1. The van der Waals surface area contributed by atoms with E-state index in [1.165, 1.54) is 21.9 Å². The zero-order valence-electron chi connectivity index (χ0n) is 11.8. The van der Waals surface area contributed by atoms with E-state index < -0.39 is 0 Å². The molecule has 0 unspecified atom stereocenters. The molecule has 0 amide bonds. The first-order valence-corrected chi connectivity index (χ1v) is 6.90. The van der Waals surface area contributed by atoms with Crippen molar-refractivity contribution in [2.24, 2.45) is 0 Å². The molecule has 100 valence electrons. The van der Waals surface area contributed by atoms with Gasteiger partial charge in [0.15, 0.2) is 0 Å². The first-order chi connectivity index (χ1) is 9.78. The third kappa shape index (κ3) is 2.39. The van der Waals surface area contributed by atoms with E-state index >= 15 is 0 Å². The second-order valence-electron chi connectivity index (χ2n) is 5.10. The topological polar surface area (TPSA) is 9.23 Å². The van der Waals surface area contributed by atoms with Crippen LogP contribution in [0.25, 0.3) is 10.8 Å². The summed E-state index contributed by atoms with van der Waals surface area (Å²) in [7, 11) is 1.70. The molecule has 0 N–H and O–H groups in total. The van der Waals surface area contributed by atoms with E-state index in [0.717, 1.165) is 5.75 Å². The molecule has 0 aliphatic heterocycles. The molecule has 3 rings (SSSR count). The molecule has 0 spiro atoms. The molecular weight excluding hydrogens is 244 g/mol. The van der Waals surface area contributed by atoms with Gasteiger partial charge < -0.3 is 4.74 Å². The highest BCUT2D eigenvalue weighted by atomic mass is 16.5. The minimum Gasteiger partial charge on any atom is -0.497 e. The maximum absolute atomic E-state index is 5.21. The van der Waals surface area contributed by atoms with Gasteiger partial charge in [-0.25, -0.2) is 0 Å². The highest BCUT2D eigenvalue weighted by Gasteiger charge is 2.09. The lowest BCUT2D eigenvalue weighted by molar-refractivity contribution is 0.414. The van der Waals surface area contributed by atoms with E-state index in [9.17, 15) is 0 Å². The Bertz CT molecular complexity index is 713. The van der Waals surface area contributed by atoms with Gasteiger partial charge >= 0.3 is 0 Å². The third-order valence-corrected chi connectivity index (χ3v) is 3.89. The summed E-state index contributed by atoms with van der Waals surface area (Å²) in [4.78, 5) is 0. The molecule has 1 nitrogen and oxygen atoms in total. The second kappa shape index (κ2) is 5.38. The second-order valence-corrected chi connectivity index (χ2v) is 5.10. The average molecular weight is 262 g/mol. The molecule has 0 bridgehead atoms. The molecule has 0 aromatic heterocycles.